The lowest BCUT2D eigenvalue weighted by atomic mass is 9.82. The molecule has 0 saturated carbocycles. The summed E-state index contributed by atoms with van der Waals surface area (Å²) in [4.78, 5) is 0. The lowest BCUT2D eigenvalue weighted by molar-refractivity contribution is 1.63. The summed E-state index contributed by atoms with van der Waals surface area (Å²) >= 11 is 0. The predicted molar refractivity (Wildman–Crippen MR) is 233 cm³/mol. The lowest BCUT2D eigenvalue weighted by Crippen LogP contribution is -1.93. The first kappa shape index (κ1) is 30.6. The number of rotatable bonds is 4. The average Bonchev–Trinajstić information content (AvgIpc) is 3.25. The fourth-order valence-corrected chi connectivity index (χ4v) is 9.00. The first-order valence-corrected chi connectivity index (χ1v) is 18.8. The highest BCUT2D eigenvalue weighted by Crippen LogP contribution is 2.48. The summed E-state index contributed by atoms with van der Waals surface area (Å²) in [6.07, 6.45) is 0. The summed E-state index contributed by atoms with van der Waals surface area (Å²) in [6, 6.07) is 76.2. The van der Waals surface area contributed by atoms with E-state index in [0.29, 0.717) is 0 Å². The molecule has 0 N–H and O–H groups in total. The van der Waals surface area contributed by atoms with Gasteiger partial charge in [0.25, 0.3) is 0 Å². The third-order valence-corrected chi connectivity index (χ3v) is 11.4. The molecular weight excluding hydrogens is 649 g/mol. The van der Waals surface area contributed by atoms with Crippen molar-refractivity contribution in [3.63, 3.8) is 0 Å². The Morgan fingerprint density at radius 3 is 1.33 bits per heavy atom. The number of fused-ring (bicyclic) bond motifs is 7. The van der Waals surface area contributed by atoms with Crippen molar-refractivity contribution in [3.05, 3.63) is 206 Å². The van der Waals surface area contributed by atoms with Gasteiger partial charge in [-0.15, -0.1) is 0 Å². The van der Waals surface area contributed by atoms with Crippen LogP contribution in [0.3, 0.4) is 0 Å². The second-order valence-corrected chi connectivity index (χ2v) is 14.4. The second kappa shape index (κ2) is 12.3. The van der Waals surface area contributed by atoms with Gasteiger partial charge in [-0.25, -0.2) is 0 Å². The Morgan fingerprint density at radius 1 is 0.185 bits per heavy atom. The van der Waals surface area contributed by atoms with E-state index in [2.05, 4.69) is 206 Å². The summed E-state index contributed by atoms with van der Waals surface area (Å²) in [6.45, 7) is 0. The van der Waals surface area contributed by atoms with Gasteiger partial charge in [-0.1, -0.05) is 188 Å². The Kier molecular flexibility index (Phi) is 6.97. The fourth-order valence-electron chi connectivity index (χ4n) is 9.00. The van der Waals surface area contributed by atoms with E-state index < -0.39 is 0 Å². The van der Waals surface area contributed by atoms with Crippen molar-refractivity contribution in [1.82, 2.24) is 0 Å². The highest BCUT2D eigenvalue weighted by Gasteiger charge is 2.20. The van der Waals surface area contributed by atoms with Crippen LogP contribution in [0.1, 0.15) is 0 Å². The molecule has 0 radical (unpaired) electrons. The molecule has 11 rings (SSSR count). The molecule has 0 aromatic heterocycles. The number of hydrogen-bond donors (Lipinski definition) is 0. The summed E-state index contributed by atoms with van der Waals surface area (Å²) in [5, 5.41) is 15.1. The number of hydrogen-bond acceptors (Lipinski definition) is 0. The minimum atomic E-state index is 1.22. The third-order valence-electron chi connectivity index (χ3n) is 11.4. The SMILES string of the molecule is c1cc(-c2cccc3ccccc23)cc(-c2c3ccccc3c(-c3cc4ccccc4c4ccccc34)c3cc(-c4cccc5ccccc45)ccc23)c1. The van der Waals surface area contributed by atoms with Gasteiger partial charge in [-0.05, 0) is 127 Å². The normalized spacial score (nSPS) is 11.7. The van der Waals surface area contributed by atoms with Crippen LogP contribution in [0.4, 0.5) is 0 Å². The second-order valence-electron chi connectivity index (χ2n) is 14.4. The van der Waals surface area contributed by atoms with Gasteiger partial charge in [-0.3, -0.25) is 0 Å². The van der Waals surface area contributed by atoms with Crippen LogP contribution in [0.15, 0.2) is 206 Å². The molecule has 0 heteroatoms. The molecule has 0 bridgehead atoms. The van der Waals surface area contributed by atoms with Crippen LogP contribution in [0, 0.1) is 0 Å². The molecule has 0 unspecified atom stereocenters. The van der Waals surface area contributed by atoms with Crippen LogP contribution in [-0.4, -0.2) is 0 Å². The summed E-state index contributed by atoms with van der Waals surface area (Å²) in [5.41, 5.74) is 9.96. The predicted octanol–water partition coefficient (Wildman–Crippen LogP) is 15.3. The minimum Gasteiger partial charge on any atom is -0.0616 e. The Balaban J connectivity index is 1.27. The van der Waals surface area contributed by atoms with Crippen LogP contribution in [0.2, 0.25) is 0 Å². The van der Waals surface area contributed by atoms with Crippen LogP contribution < -0.4 is 0 Å². The maximum Gasteiger partial charge on any atom is -0.00197 e. The first-order chi connectivity index (χ1) is 26.8. The Labute approximate surface area is 314 Å². The topological polar surface area (TPSA) is 0 Å². The smallest absolute Gasteiger partial charge is 0.00197 e. The van der Waals surface area contributed by atoms with Gasteiger partial charge < -0.3 is 0 Å². The molecule has 54 heavy (non-hydrogen) atoms. The quantitative estimate of drug-likeness (QED) is 0.128. The standard InChI is InChI=1S/C54H34/c1-4-21-41-35(14-1)17-12-28-43(41)37-19-11-20-40(32-37)53-48-26-9-10-27-49(48)54(51-33-38-16-3-6-23-45(38)46-24-7-8-25-47(46)51)52-34-39(30-31-50(52)53)44-29-13-18-36-15-2-5-22-42(36)44/h1-34H. The van der Waals surface area contributed by atoms with E-state index >= 15 is 0 Å². The molecule has 0 atom stereocenters. The first-order valence-electron chi connectivity index (χ1n) is 18.8. The fraction of sp³-hybridized carbons (Fsp3) is 0. The molecule has 0 amide bonds. The van der Waals surface area contributed by atoms with Crippen molar-refractivity contribution in [1.29, 1.82) is 0 Å². The van der Waals surface area contributed by atoms with E-state index in [1.807, 2.05) is 0 Å². The molecule has 0 saturated heterocycles. The zero-order chi connectivity index (χ0) is 35.6. The molecule has 0 fully saturated rings. The Morgan fingerprint density at radius 2 is 0.648 bits per heavy atom. The van der Waals surface area contributed by atoms with Gasteiger partial charge in [0.2, 0.25) is 0 Å². The Hall–Kier alpha value is -7.02. The van der Waals surface area contributed by atoms with Crippen LogP contribution >= 0.6 is 0 Å². The molecule has 250 valence electrons. The van der Waals surface area contributed by atoms with Crippen molar-refractivity contribution < 1.29 is 0 Å². The van der Waals surface area contributed by atoms with Gasteiger partial charge in [0.05, 0.1) is 0 Å². The van der Waals surface area contributed by atoms with Crippen LogP contribution in [0.25, 0.3) is 109 Å². The number of benzene rings is 11. The van der Waals surface area contributed by atoms with Crippen molar-refractivity contribution in [2.75, 3.05) is 0 Å². The molecule has 0 aliphatic rings. The van der Waals surface area contributed by atoms with E-state index in [9.17, 15) is 0 Å². The maximum absolute atomic E-state index is 2.46. The zero-order valence-electron chi connectivity index (χ0n) is 29.6. The van der Waals surface area contributed by atoms with Crippen molar-refractivity contribution in [2.24, 2.45) is 0 Å². The van der Waals surface area contributed by atoms with Crippen molar-refractivity contribution >= 4 is 64.6 Å². The highest BCUT2D eigenvalue weighted by atomic mass is 14.2. The monoisotopic (exact) mass is 682 g/mol. The van der Waals surface area contributed by atoms with Crippen molar-refractivity contribution in [3.8, 4) is 44.5 Å². The van der Waals surface area contributed by atoms with Crippen LogP contribution in [-0.2, 0) is 0 Å². The molecule has 11 aromatic rings. The summed E-state index contributed by atoms with van der Waals surface area (Å²) in [7, 11) is 0. The third kappa shape index (κ3) is 4.78. The molecular formula is C54H34. The average molecular weight is 683 g/mol. The van der Waals surface area contributed by atoms with Crippen LogP contribution in [0.5, 0.6) is 0 Å². The van der Waals surface area contributed by atoms with Gasteiger partial charge in [0.1, 0.15) is 0 Å². The van der Waals surface area contributed by atoms with E-state index in [4.69, 9.17) is 0 Å². The van der Waals surface area contributed by atoms with Gasteiger partial charge in [0, 0.05) is 0 Å². The molecule has 11 aromatic carbocycles. The molecule has 0 nitrogen and oxygen atoms in total. The lowest BCUT2D eigenvalue weighted by Gasteiger charge is -2.21. The summed E-state index contributed by atoms with van der Waals surface area (Å²) in [5.74, 6) is 0. The van der Waals surface area contributed by atoms with Gasteiger partial charge in [0.15, 0.2) is 0 Å². The van der Waals surface area contributed by atoms with Crippen molar-refractivity contribution in [2.45, 2.75) is 0 Å². The molecule has 0 spiro atoms. The van der Waals surface area contributed by atoms with E-state index in [1.54, 1.807) is 0 Å². The van der Waals surface area contributed by atoms with E-state index in [-0.39, 0.29) is 0 Å². The molecule has 0 heterocycles. The van der Waals surface area contributed by atoms with E-state index in [1.165, 1.54) is 109 Å². The van der Waals surface area contributed by atoms with E-state index in [0.717, 1.165) is 0 Å². The summed E-state index contributed by atoms with van der Waals surface area (Å²) < 4.78 is 0. The largest absolute Gasteiger partial charge is 0.0616 e. The molecule has 0 aliphatic heterocycles. The minimum absolute atomic E-state index is 1.22. The molecule has 0 aliphatic carbocycles. The maximum atomic E-state index is 2.46. The Bertz CT molecular complexity index is 3260. The van der Waals surface area contributed by atoms with Gasteiger partial charge >= 0.3 is 0 Å². The zero-order valence-corrected chi connectivity index (χ0v) is 29.6. The highest BCUT2D eigenvalue weighted by molar-refractivity contribution is 6.26. The van der Waals surface area contributed by atoms with Gasteiger partial charge in [-0.2, -0.15) is 0 Å².